The van der Waals surface area contributed by atoms with Crippen LogP contribution in [-0.4, -0.2) is 12.6 Å². The largest absolute Gasteiger partial charge is 0.465 e. The molecule has 2 nitrogen and oxygen atoms in total. The molecule has 2 unspecified atom stereocenters. The molecular formula is C21H20O2. The molecule has 0 spiro atoms. The average Bonchev–Trinajstić information content (AvgIpc) is 3.03. The molecule has 1 heterocycles. The maximum absolute atomic E-state index is 12.4. The van der Waals surface area contributed by atoms with Gasteiger partial charge in [0, 0.05) is 5.92 Å². The Bertz CT molecular complexity index is 762. The van der Waals surface area contributed by atoms with E-state index >= 15 is 0 Å². The lowest BCUT2D eigenvalue weighted by Crippen LogP contribution is -2.31. The molecule has 2 aromatic rings. The molecule has 1 saturated heterocycles. The van der Waals surface area contributed by atoms with Gasteiger partial charge in [-0.3, -0.25) is 4.79 Å². The van der Waals surface area contributed by atoms with E-state index in [4.69, 9.17) is 4.74 Å². The third kappa shape index (κ3) is 2.39. The number of allylic oxidation sites excluding steroid dienone is 1. The Kier molecular flexibility index (Phi) is 3.33. The number of cyclic esters (lactones) is 1. The number of hydrogen-bond acceptors (Lipinski definition) is 2. The monoisotopic (exact) mass is 304 g/mol. The molecular weight excluding hydrogens is 284 g/mol. The number of esters is 1. The molecule has 0 amide bonds. The van der Waals surface area contributed by atoms with Crippen molar-refractivity contribution in [2.75, 3.05) is 6.61 Å². The van der Waals surface area contributed by atoms with Crippen LogP contribution < -0.4 is 0 Å². The van der Waals surface area contributed by atoms with E-state index in [1.165, 1.54) is 22.3 Å². The molecule has 23 heavy (non-hydrogen) atoms. The summed E-state index contributed by atoms with van der Waals surface area (Å²) in [5.74, 6) is 0.258. The van der Waals surface area contributed by atoms with E-state index in [9.17, 15) is 4.79 Å². The highest BCUT2D eigenvalue weighted by atomic mass is 16.5. The quantitative estimate of drug-likeness (QED) is 0.620. The van der Waals surface area contributed by atoms with Crippen LogP contribution in [0.15, 0.2) is 66.7 Å². The van der Waals surface area contributed by atoms with E-state index in [2.05, 4.69) is 43.0 Å². The van der Waals surface area contributed by atoms with Crippen LogP contribution in [0, 0.1) is 11.3 Å². The molecule has 1 aliphatic carbocycles. The molecule has 0 bridgehead atoms. The van der Waals surface area contributed by atoms with Crippen LogP contribution in [0.3, 0.4) is 0 Å². The van der Waals surface area contributed by atoms with Gasteiger partial charge in [-0.25, -0.2) is 0 Å². The summed E-state index contributed by atoms with van der Waals surface area (Å²) in [4.78, 5) is 12.4. The Morgan fingerprint density at radius 1 is 1.09 bits per heavy atom. The van der Waals surface area contributed by atoms with Gasteiger partial charge in [-0.1, -0.05) is 66.7 Å². The van der Waals surface area contributed by atoms with Crippen molar-refractivity contribution >= 4 is 5.97 Å². The summed E-state index contributed by atoms with van der Waals surface area (Å²) in [6, 6.07) is 18.9. The predicted octanol–water partition coefficient (Wildman–Crippen LogP) is 4.41. The van der Waals surface area contributed by atoms with Gasteiger partial charge in [0.05, 0.1) is 12.0 Å². The van der Waals surface area contributed by atoms with E-state index < -0.39 is 0 Å². The Balaban J connectivity index is 1.67. The summed E-state index contributed by atoms with van der Waals surface area (Å²) in [7, 11) is 0. The van der Waals surface area contributed by atoms with Crippen LogP contribution >= 0.6 is 0 Å². The fourth-order valence-electron chi connectivity index (χ4n) is 4.12. The highest BCUT2D eigenvalue weighted by Crippen LogP contribution is 2.52. The van der Waals surface area contributed by atoms with Crippen molar-refractivity contribution in [2.24, 2.45) is 11.3 Å². The Labute approximate surface area is 136 Å². The number of carbonyl (C=O) groups excluding carboxylic acids is 1. The highest BCUT2D eigenvalue weighted by Gasteiger charge is 2.55. The summed E-state index contributed by atoms with van der Waals surface area (Å²) in [5.41, 5.74) is 4.40. The first-order valence-electron chi connectivity index (χ1n) is 8.16. The second-order valence-corrected chi connectivity index (χ2v) is 6.83. The second-order valence-electron chi connectivity index (χ2n) is 6.83. The van der Waals surface area contributed by atoms with Crippen molar-refractivity contribution in [3.8, 4) is 11.1 Å². The van der Waals surface area contributed by atoms with Gasteiger partial charge >= 0.3 is 5.97 Å². The van der Waals surface area contributed by atoms with Crippen LogP contribution in [-0.2, 0) is 16.0 Å². The second kappa shape index (κ2) is 5.38. The SMILES string of the molecule is C=C1CC2COC(=O)C2(Cc2cccc(-c3ccccc3)c2)C1. The van der Waals surface area contributed by atoms with E-state index in [0.29, 0.717) is 12.5 Å². The van der Waals surface area contributed by atoms with Crippen molar-refractivity contribution in [3.05, 3.63) is 72.3 Å². The normalized spacial score (nSPS) is 26.2. The molecule has 0 aromatic heterocycles. The zero-order valence-corrected chi connectivity index (χ0v) is 13.1. The van der Waals surface area contributed by atoms with Crippen LogP contribution in [0.4, 0.5) is 0 Å². The smallest absolute Gasteiger partial charge is 0.313 e. The van der Waals surface area contributed by atoms with Gasteiger partial charge in [-0.15, -0.1) is 0 Å². The molecule has 4 rings (SSSR count). The summed E-state index contributed by atoms with van der Waals surface area (Å²) in [6.07, 6.45) is 2.44. The van der Waals surface area contributed by atoms with Crippen molar-refractivity contribution in [1.29, 1.82) is 0 Å². The molecule has 0 radical (unpaired) electrons. The number of ether oxygens (including phenoxy) is 1. The van der Waals surface area contributed by atoms with Gasteiger partial charge in [0.2, 0.25) is 0 Å². The van der Waals surface area contributed by atoms with Crippen LogP contribution in [0.5, 0.6) is 0 Å². The highest BCUT2D eigenvalue weighted by molar-refractivity contribution is 5.81. The number of hydrogen-bond donors (Lipinski definition) is 0. The van der Waals surface area contributed by atoms with Crippen molar-refractivity contribution in [3.63, 3.8) is 0 Å². The van der Waals surface area contributed by atoms with E-state index in [-0.39, 0.29) is 11.4 Å². The first-order chi connectivity index (χ1) is 11.2. The number of rotatable bonds is 3. The van der Waals surface area contributed by atoms with E-state index in [0.717, 1.165) is 19.3 Å². The molecule has 116 valence electrons. The molecule has 2 heteroatoms. The van der Waals surface area contributed by atoms with Gasteiger partial charge in [-0.2, -0.15) is 0 Å². The van der Waals surface area contributed by atoms with Gasteiger partial charge in [0.25, 0.3) is 0 Å². The third-order valence-electron chi connectivity index (χ3n) is 5.26. The lowest BCUT2D eigenvalue weighted by molar-refractivity contribution is -0.146. The molecule has 1 saturated carbocycles. The molecule has 2 fully saturated rings. The van der Waals surface area contributed by atoms with Gasteiger partial charge in [0.1, 0.15) is 0 Å². The van der Waals surface area contributed by atoms with Crippen LogP contribution in [0.2, 0.25) is 0 Å². The van der Waals surface area contributed by atoms with Gasteiger partial charge in [-0.05, 0) is 36.0 Å². The van der Waals surface area contributed by atoms with Crippen molar-refractivity contribution in [1.82, 2.24) is 0 Å². The summed E-state index contributed by atoms with van der Waals surface area (Å²) < 4.78 is 5.38. The minimum absolute atomic E-state index is 0.0359. The summed E-state index contributed by atoms with van der Waals surface area (Å²) >= 11 is 0. The molecule has 2 aliphatic rings. The lowest BCUT2D eigenvalue weighted by atomic mass is 9.75. The first kappa shape index (κ1) is 14.3. The fourth-order valence-corrected chi connectivity index (χ4v) is 4.12. The van der Waals surface area contributed by atoms with Gasteiger partial charge in [0.15, 0.2) is 0 Å². The number of carbonyl (C=O) groups is 1. The number of benzene rings is 2. The summed E-state index contributed by atoms with van der Waals surface area (Å²) in [6.45, 7) is 4.67. The Morgan fingerprint density at radius 2 is 1.87 bits per heavy atom. The fraction of sp³-hybridized carbons (Fsp3) is 0.286. The van der Waals surface area contributed by atoms with Crippen molar-refractivity contribution < 1.29 is 9.53 Å². The first-order valence-corrected chi connectivity index (χ1v) is 8.16. The maximum atomic E-state index is 12.4. The predicted molar refractivity (Wildman–Crippen MR) is 90.8 cm³/mol. The van der Waals surface area contributed by atoms with Crippen LogP contribution in [0.25, 0.3) is 11.1 Å². The van der Waals surface area contributed by atoms with Gasteiger partial charge < -0.3 is 4.74 Å². The molecule has 1 aliphatic heterocycles. The topological polar surface area (TPSA) is 26.3 Å². The third-order valence-corrected chi connectivity index (χ3v) is 5.26. The molecule has 2 aromatic carbocycles. The standard InChI is InChI=1S/C21H20O2/c1-15-10-19-14-23-20(22)21(19,12-15)13-16-6-5-9-18(11-16)17-7-3-2-4-8-17/h2-9,11,19H,1,10,12-14H2. The summed E-state index contributed by atoms with van der Waals surface area (Å²) in [5, 5.41) is 0. The number of fused-ring (bicyclic) bond motifs is 1. The Hall–Kier alpha value is -2.35. The van der Waals surface area contributed by atoms with E-state index in [1.54, 1.807) is 0 Å². The van der Waals surface area contributed by atoms with Crippen LogP contribution in [0.1, 0.15) is 18.4 Å². The lowest BCUT2D eigenvalue weighted by Gasteiger charge is -2.24. The zero-order chi connectivity index (χ0) is 15.9. The van der Waals surface area contributed by atoms with E-state index in [1.807, 2.05) is 18.2 Å². The Morgan fingerprint density at radius 3 is 2.70 bits per heavy atom. The van der Waals surface area contributed by atoms with Crippen molar-refractivity contribution in [2.45, 2.75) is 19.3 Å². The molecule has 0 N–H and O–H groups in total. The average molecular weight is 304 g/mol. The molecule has 2 atom stereocenters. The minimum atomic E-state index is -0.383. The zero-order valence-electron chi connectivity index (χ0n) is 13.1. The maximum Gasteiger partial charge on any atom is 0.313 e. The minimum Gasteiger partial charge on any atom is -0.465 e.